The zero-order chi connectivity index (χ0) is 18.3. The number of amides is 1. The molecule has 2 aliphatic carbocycles. The average molecular weight is 353 g/mol. The monoisotopic (exact) mass is 353 g/mol. The lowest BCUT2D eigenvalue weighted by Gasteiger charge is -2.45. The highest BCUT2D eigenvalue weighted by atomic mass is 16.5. The maximum absolute atomic E-state index is 13.0. The fraction of sp³-hybridized carbons (Fsp3) is 0.524. The third-order valence-electron chi connectivity index (χ3n) is 6.13. The summed E-state index contributed by atoms with van der Waals surface area (Å²) in [5.41, 5.74) is 8.47. The third kappa shape index (κ3) is 3.16. The van der Waals surface area contributed by atoms with Crippen molar-refractivity contribution in [3.63, 3.8) is 0 Å². The smallest absolute Gasteiger partial charge is 0.253 e. The summed E-state index contributed by atoms with van der Waals surface area (Å²) < 4.78 is 5.26. The normalized spacial score (nSPS) is 28.0. The molecule has 0 spiro atoms. The van der Waals surface area contributed by atoms with Gasteiger partial charge in [0.15, 0.2) is 0 Å². The molecule has 5 heteroatoms. The Hall–Kier alpha value is -2.14. The van der Waals surface area contributed by atoms with Gasteiger partial charge < -0.3 is 15.8 Å². The van der Waals surface area contributed by atoms with E-state index in [4.69, 9.17) is 10.5 Å². The number of benzene rings is 1. The first-order chi connectivity index (χ1) is 12.5. The van der Waals surface area contributed by atoms with Gasteiger partial charge in [0, 0.05) is 23.5 Å². The van der Waals surface area contributed by atoms with Crippen LogP contribution in [0.1, 0.15) is 48.2 Å². The highest BCUT2D eigenvalue weighted by Crippen LogP contribution is 2.39. The first-order valence-electron chi connectivity index (χ1n) is 9.57. The molecule has 3 N–H and O–H groups in total. The van der Waals surface area contributed by atoms with Crippen LogP contribution in [-0.4, -0.2) is 30.1 Å². The summed E-state index contributed by atoms with van der Waals surface area (Å²) in [7, 11) is 1.64. The summed E-state index contributed by atoms with van der Waals surface area (Å²) in [6, 6.07) is 8.23. The molecule has 138 valence electrons. The number of methoxy groups -OCH3 is 1. The van der Waals surface area contributed by atoms with E-state index in [1.807, 2.05) is 31.2 Å². The number of nitrogens with two attached hydrogens (primary N) is 1. The standard InChI is InChI=1S/C21H27N3O2/c1-12-18(10-13-6-7-17(26-2)11-19(13)23-12)21(25)24-20-14-4-3-5-15(20)9-16(22)8-14/h6-7,10-11,14-16,20H,3-5,8-9,22H2,1-2H3,(H,24,25). The van der Waals surface area contributed by atoms with E-state index in [0.29, 0.717) is 17.4 Å². The minimum absolute atomic E-state index is 0.00918. The van der Waals surface area contributed by atoms with Crippen LogP contribution in [0.4, 0.5) is 0 Å². The van der Waals surface area contributed by atoms with Crippen LogP contribution in [-0.2, 0) is 0 Å². The van der Waals surface area contributed by atoms with Crippen LogP contribution in [0.3, 0.4) is 0 Å². The van der Waals surface area contributed by atoms with E-state index in [0.717, 1.165) is 35.2 Å². The number of aromatic nitrogens is 1. The van der Waals surface area contributed by atoms with Crippen LogP contribution in [0.25, 0.3) is 10.9 Å². The van der Waals surface area contributed by atoms with Gasteiger partial charge in [0.2, 0.25) is 0 Å². The second kappa shape index (κ2) is 6.88. The van der Waals surface area contributed by atoms with Crippen molar-refractivity contribution >= 4 is 16.8 Å². The maximum Gasteiger partial charge on any atom is 0.253 e. The minimum Gasteiger partial charge on any atom is -0.497 e. The number of hydrogen-bond donors (Lipinski definition) is 2. The number of carbonyl (C=O) groups excluding carboxylic acids is 1. The molecule has 2 atom stereocenters. The summed E-state index contributed by atoms with van der Waals surface area (Å²) in [6.45, 7) is 1.89. The van der Waals surface area contributed by atoms with E-state index in [9.17, 15) is 4.79 Å². The summed E-state index contributed by atoms with van der Waals surface area (Å²) in [5.74, 6) is 1.79. The first-order valence-corrected chi connectivity index (χ1v) is 9.57. The van der Waals surface area contributed by atoms with Crippen molar-refractivity contribution in [3.8, 4) is 5.75 Å². The van der Waals surface area contributed by atoms with Crippen molar-refractivity contribution in [1.82, 2.24) is 10.3 Å². The summed E-state index contributed by atoms with van der Waals surface area (Å²) >= 11 is 0. The summed E-state index contributed by atoms with van der Waals surface area (Å²) in [5, 5.41) is 4.28. The lowest BCUT2D eigenvalue weighted by Crippen LogP contribution is -2.53. The Labute approximate surface area is 154 Å². The van der Waals surface area contributed by atoms with Gasteiger partial charge in [-0.2, -0.15) is 0 Å². The van der Waals surface area contributed by atoms with Crippen LogP contribution >= 0.6 is 0 Å². The minimum atomic E-state index is -0.00918. The first kappa shape index (κ1) is 17.3. The second-order valence-electron chi connectivity index (χ2n) is 7.86. The molecule has 5 nitrogen and oxygen atoms in total. The molecule has 0 aliphatic heterocycles. The number of rotatable bonds is 3. The van der Waals surface area contributed by atoms with E-state index in [2.05, 4.69) is 10.3 Å². The molecule has 2 fully saturated rings. The molecular formula is C21H27N3O2. The van der Waals surface area contributed by atoms with Gasteiger partial charge in [-0.25, -0.2) is 0 Å². The molecule has 2 unspecified atom stereocenters. The van der Waals surface area contributed by atoms with Gasteiger partial charge in [0.05, 0.1) is 23.9 Å². The van der Waals surface area contributed by atoms with Gasteiger partial charge in [-0.3, -0.25) is 9.78 Å². The summed E-state index contributed by atoms with van der Waals surface area (Å²) in [6.07, 6.45) is 5.65. The zero-order valence-electron chi connectivity index (χ0n) is 15.5. The topological polar surface area (TPSA) is 77.2 Å². The van der Waals surface area contributed by atoms with E-state index >= 15 is 0 Å². The van der Waals surface area contributed by atoms with E-state index in [-0.39, 0.29) is 18.0 Å². The fourth-order valence-electron chi connectivity index (χ4n) is 4.85. The number of pyridine rings is 1. The number of nitrogens with zero attached hydrogens (tertiary/aromatic N) is 1. The molecule has 1 aromatic carbocycles. The Bertz CT molecular complexity index is 821. The van der Waals surface area contributed by atoms with Gasteiger partial charge in [0.25, 0.3) is 5.91 Å². The van der Waals surface area contributed by atoms with Gasteiger partial charge in [0.1, 0.15) is 5.75 Å². The molecule has 2 aromatic rings. The molecule has 1 heterocycles. The Morgan fingerprint density at radius 3 is 2.65 bits per heavy atom. The Morgan fingerprint density at radius 2 is 1.96 bits per heavy atom. The van der Waals surface area contributed by atoms with Gasteiger partial charge in [-0.05, 0) is 62.6 Å². The van der Waals surface area contributed by atoms with Crippen molar-refractivity contribution in [1.29, 1.82) is 0 Å². The number of fused-ring (bicyclic) bond motifs is 3. The molecule has 1 amide bonds. The zero-order valence-corrected chi connectivity index (χ0v) is 15.5. The fourth-order valence-corrected chi connectivity index (χ4v) is 4.85. The Balaban J connectivity index is 1.59. The number of ether oxygens (including phenoxy) is 1. The summed E-state index contributed by atoms with van der Waals surface area (Å²) in [4.78, 5) is 17.6. The lowest BCUT2D eigenvalue weighted by molar-refractivity contribution is 0.0755. The van der Waals surface area contributed by atoms with Crippen molar-refractivity contribution in [2.75, 3.05) is 7.11 Å². The molecule has 1 aromatic heterocycles. The number of aryl methyl sites for hydroxylation is 1. The molecule has 2 aliphatic rings. The highest BCUT2D eigenvalue weighted by molar-refractivity contribution is 5.99. The number of hydrogen-bond acceptors (Lipinski definition) is 4. The Morgan fingerprint density at radius 1 is 1.23 bits per heavy atom. The van der Waals surface area contributed by atoms with Crippen LogP contribution in [0, 0.1) is 18.8 Å². The largest absolute Gasteiger partial charge is 0.497 e. The van der Waals surface area contributed by atoms with Crippen molar-refractivity contribution in [3.05, 3.63) is 35.5 Å². The molecule has 4 rings (SSSR count). The molecule has 2 bridgehead atoms. The van der Waals surface area contributed by atoms with Crippen LogP contribution < -0.4 is 15.8 Å². The van der Waals surface area contributed by atoms with Crippen molar-refractivity contribution in [2.24, 2.45) is 17.6 Å². The van der Waals surface area contributed by atoms with Crippen LogP contribution in [0.5, 0.6) is 5.75 Å². The van der Waals surface area contributed by atoms with Gasteiger partial charge in [-0.15, -0.1) is 0 Å². The lowest BCUT2D eigenvalue weighted by atomic mass is 9.67. The van der Waals surface area contributed by atoms with E-state index in [1.165, 1.54) is 19.3 Å². The highest BCUT2D eigenvalue weighted by Gasteiger charge is 2.40. The third-order valence-corrected chi connectivity index (χ3v) is 6.13. The van der Waals surface area contributed by atoms with E-state index in [1.54, 1.807) is 7.11 Å². The number of nitrogens with one attached hydrogen (secondary N) is 1. The molecule has 0 radical (unpaired) electrons. The average Bonchev–Trinajstić information content (AvgIpc) is 2.61. The van der Waals surface area contributed by atoms with Crippen molar-refractivity contribution < 1.29 is 9.53 Å². The predicted octanol–water partition coefficient (Wildman–Crippen LogP) is 3.19. The van der Waals surface area contributed by atoms with Crippen molar-refractivity contribution in [2.45, 2.75) is 51.1 Å². The molecular weight excluding hydrogens is 326 g/mol. The van der Waals surface area contributed by atoms with Gasteiger partial charge in [-0.1, -0.05) is 6.42 Å². The molecule has 0 saturated heterocycles. The molecule has 26 heavy (non-hydrogen) atoms. The maximum atomic E-state index is 13.0. The molecule has 2 saturated carbocycles. The number of carbonyl (C=O) groups is 1. The SMILES string of the molecule is COc1ccc2cc(C(=O)NC3C4CCCC3CC(N)C4)c(C)nc2c1. The second-order valence-corrected chi connectivity index (χ2v) is 7.86. The predicted molar refractivity (Wildman–Crippen MR) is 102 cm³/mol. The quantitative estimate of drug-likeness (QED) is 0.888. The van der Waals surface area contributed by atoms with Crippen LogP contribution in [0.15, 0.2) is 24.3 Å². The van der Waals surface area contributed by atoms with E-state index < -0.39 is 0 Å². The Kier molecular flexibility index (Phi) is 4.57. The van der Waals surface area contributed by atoms with Crippen LogP contribution in [0.2, 0.25) is 0 Å². The van der Waals surface area contributed by atoms with Gasteiger partial charge >= 0.3 is 0 Å².